The first-order valence-electron chi connectivity index (χ1n) is 6.58. The van der Waals surface area contributed by atoms with Crippen molar-refractivity contribution >= 4 is 39.1 Å². The van der Waals surface area contributed by atoms with Crippen molar-refractivity contribution in [3.05, 3.63) is 23.3 Å². The predicted molar refractivity (Wildman–Crippen MR) is 88.5 cm³/mol. The van der Waals surface area contributed by atoms with Crippen LogP contribution in [0, 0.1) is 12.3 Å². The highest BCUT2D eigenvalue weighted by Crippen LogP contribution is 2.29. The van der Waals surface area contributed by atoms with Gasteiger partial charge in [-0.25, -0.2) is 0 Å². The standard InChI is InChI=1S/C15H19BrCl2O2/c1-3-5-6-12(18)15(19)14-8-7-10(17)9-11(16)13(4-2)20-14/h1,5-7,11-15,19H,4,8-9H2,2H3. The summed E-state index contributed by atoms with van der Waals surface area (Å²) in [4.78, 5) is 0.126. The molecule has 0 aromatic heterocycles. The number of ether oxygens (including phenoxy) is 1. The van der Waals surface area contributed by atoms with E-state index in [4.69, 9.17) is 34.4 Å². The van der Waals surface area contributed by atoms with Gasteiger partial charge in [0.2, 0.25) is 0 Å². The van der Waals surface area contributed by atoms with Crippen molar-refractivity contribution in [2.75, 3.05) is 0 Å². The molecule has 1 aliphatic rings. The molecule has 0 bridgehead atoms. The number of aliphatic hydroxyl groups is 1. The average Bonchev–Trinajstić information content (AvgIpc) is 2.42. The largest absolute Gasteiger partial charge is 0.389 e. The molecule has 1 N–H and O–H groups in total. The fraction of sp³-hybridized carbons (Fsp3) is 0.600. The zero-order chi connectivity index (χ0) is 15.1. The van der Waals surface area contributed by atoms with E-state index in [1.54, 1.807) is 6.08 Å². The summed E-state index contributed by atoms with van der Waals surface area (Å²) in [6.07, 6.45) is 10.9. The monoisotopic (exact) mass is 380 g/mol. The molecule has 0 fully saturated rings. The number of aliphatic hydroxyl groups excluding tert-OH is 1. The minimum Gasteiger partial charge on any atom is -0.389 e. The van der Waals surface area contributed by atoms with Crippen LogP contribution in [0.5, 0.6) is 0 Å². The lowest BCUT2D eigenvalue weighted by Crippen LogP contribution is -2.41. The molecule has 1 aliphatic heterocycles. The Balaban J connectivity index is 2.83. The van der Waals surface area contributed by atoms with Crippen molar-refractivity contribution in [3.8, 4) is 12.3 Å². The number of terminal acetylenes is 1. The van der Waals surface area contributed by atoms with Crippen LogP contribution in [0.15, 0.2) is 23.3 Å². The van der Waals surface area contributed by atoms with Crippen LogP contribution in [0.3, 0.4) is 0 Å². The first-order chi connectivity index (χ1) is 9.49. The summed E-state index contributed by atoms with van der Waals surface area (Å²) >= 11 is 15.9. The van der Waals surface area contributed by atoms with E-state index in [-0.39, 0.29) is 10.9 Å². The van der Waals surface area contributed by atoms with Gasteiger partial charge in [0, 0.05) is 9.86 Å². The number of hydrogen-bond donors (Lipinski definition) is 1. The molecule has 0 spiro atoms. The third-order valence-corrected chi connectivity index (χ3v) is 4.83. The highest BCUT2D eigenvalue weighted by molar-refractivity contribution is 9.09. The quantitative estimate of drug-likeness (QED) is 0.589. The van der Waals surface area contributed by atoms with Crippen molar-refractivity contribution in [2.45, 2.75) is 54.7 Å². The number of hydrogen-bond acceptors (Lipinski definition) is 2. The topological polar surface area (TPSA) is 29.5 Å². The average molecular weight is 382 g/mol. The minimum absolute atomic E-state index is 0.0161. The van der Waals surface area contributed by atoms with Gasteiger partial charge in [0.05, 0.1) is 17.6 Å². The lowest BCUT2D eigenvalue weighted by Gasteiger charge is -2.32. The maximum Gasteiger partial charge on any atom is 0.100 e. The molecule has 112 valence electrons. The van der Waals surface area contributed by atoms with Gasteiger partial charge >= 0.3 is 0 Å². The summed E-state index contributed by atoms with van der Waals surface area (Å²) in [6.45, 7) is 2.04. The van der Waals surface area contributed by atoms with Gasteiger partial charge in [-0.15, -0.1) is 18.0 Å². The fourth-order valence-corrected chi connectivity index (χ4v) is 3.57. The zero-order valence-corrected chi connectivity index (χ0v) is 14.4. The van der Waals surface area contributed by atoms with E-state index in [1.807, 2.05) is 13.0 Å². The highest BCUT2D eigenvalue weighted by atomic mass is 79.9. The summed E-state index contributed by atoms with van der Waals surface area (Å²) in [5.74, 6) is 2.36. The Kier molecular flexibility index (Phi) is 8.24. The first kappa shape index (κ1) is 18.1. The molecule has 1 rings (SSSR count). The summed E-state index contributed by atoms with van der Waals surface area (Å²) < 4.78 is 5.99. The Bertz CT molecular complexity index is 403. The molecule has 5 unspecified atom stereocenters. The molecule has 0 aromatic rings. The van der Waals surface area contributed by atoms with Crippen molar-refractivity contribution in [3.63, 3.8) is 0 Å². The molecule has 0 aliphatic carbocycles. The van der Waals surface area contributed by atoms with Crippen molar-refractivity contribution in [1.82, 2.24) is 0 Å². The van der Waals surface area contributed by atoms with E-state index >= 15 is 0 Å². The Hall–Kier alpha value is 0.0200. The summed E-state index contributed by atoms with van der Waals surface area (Å²) in [6, 6.07) is 0. The summed E-state index contributed by atoms with van der Waals surface area (Å²) in [7, 11) is 0. The maximum absolute atomic E-state index is 10.3. The van der Waals surface area contributed by atoms with Crippen LogP contribution < -0.4 is 0 Å². The Morgan fingerprint density at radius 3 is 3.00 bits per heavy atom. The number of halogens is 3. The normalized spacial score (nSPS) is 31.0. The van der Waals surface area contributed by atoms with Crippen molar-refractivity contribution in [1.29, 1.82) is 0 Å². The summed E-state index contributed by atoms with van der Waals surface area (Å²) in [5.41, 5.74) is 0. The maximum atomic E-state index is 10.3. The molecular formula is C15H19BrCl2O2. The van der Waals surface area contributed by atoms with Crippen LogP contribution in [-0.2, 0) is 4.74 Å². The molecule has 2 nitrogen and oxygen atoms in total. The van der Waals surface area contributed by atoms with Gasteiger partial charge in [-0.2, -0.15) is 0 Å². The van der Waals surface area contributed by atoms with Crippen LogP contribution in [0.2, 0.25) is 0 Å². The van der Waals surface area contributed by atoms with Gasteiger partial charge in [-0.05, 0) is 25.3 Å². The second-order valence-corrected chi connectivity index (χ2v) is 6.85. The van der Waals surface area contributed by atoms with Gasteiger partial charge in [-0.1, -0.05) is 52.5 Å². The predicted octanol–water partition coefficient (Wildman–Crippen LogP) is 3.99. The second-order valence-electron chi connectivity index (χ2n) is 4.69. The molecule has 0 aromatic carbocycles. The molecule has 0 saturated carbocycles. The summed E-state index contributed by atoms with van der Waals surface area (Å²) in [5, 5.41) is 10.5. The third-order valence-electron chi connectivity index (χ3n) is 3.20. The fourth-order valence-electron chi connectivity index (χ4n) is 2.05. The number of alkyl halides is 2. The minimum atomic E-state index is -0.839. The van der Waals surface area contributed by atoms with E-state index in [9.17, 15) is 5.11 Å². The number of allylic oxidation sites excluding steroid dienone is 2. The zero-order valence-electron chi connectivity index (χ0n) is 11.3. The molecule has 0 radical (unpaired) electrons. The first-order valence-corrected chi connectivity index (χ1v) is 8.31. The molecule has 0 amide bonds. The smallest absolute Gasteiger partial charge is 0.100 e. The van der Waals surface area contributed by atoms with Gasteiger partial charge in [-0.3, -0.25) is 0 Å². The van der Waals surface area contributed by atoms with Gasteiger partial charge < -0.3 is 9.84 Å². The van der Waals surface area contributed by atoms with E-state index in [1.165, 1.54) is 6.08 Å². The van der Waals surface area contributed by atoms with Crippen LogP contribution in [-0.4, -0.2) is 33.6 Å². The van der Waals surface area contributed by atoms with E-state index < -0.39 is 17.6 Å². The van der Waals surface area contributed by atoms with Gasteiger partial charge in [0.15, 0.2) is 0 Å². The van der Waals surface area contributed by atoms with Crippen molar-refractivity contribution in [2.24, 2.45) is 0 Å². The second kappa shape index (κ2) is 9.12. The van der Waals surface area contributed by atoms with E-state index in [2.05, 4.69) is 21.9 Å². The lowest BCUT2D eigenvalue weighted by atomic mass is 10.0. The Labute approximate surface area is 139 Å². The molecule has 1 heterocycles. The van der Waals surface area contributed by atoms with E-state index in [0.717, 1.165) is 17.9 Å². The molecule has 0 saturated heterocycles. The van der Waals surface area contributed by atoms with E-state index in [0.29, 0.717) is 6.42 Å². The molecule has 20 heavy (non-hydrogen) atoms. The Morgan fingerprint density at radius 2 is 2.40 bits per heavy atom. The number of rotatable bonds is 4. The Morgan fingerprint density at radius 1 is 1.70 bits per heavy atom. The molecule has 5 atom stereocenters. The van der Waals surface area contributed by atoms with Crippen LogP contribution in [0.1, 0.15) is 26.2 Å². The van der Waals surface area contributed by atoms with Crippen LogP contribution in [0.4, 0.5) is 0 Å². The van der Waals surface area contributed by atoms with Crippen LogP contribution >= 0.6 is 39.1 Å². The lowest BCUT2D eigenvalue weighted by molar-refractivity contribution is -0.0746. The highest BCUT2D eigenvalue weighted by Gasteiger charge is 2.31. The third kappa shape index (κ3) is 5.42. The molecule has 5 heteroatoms. The van der Waals surface area contributed by atoms with Gasteiger partial charge in [0.25, 0.3) is 0 Å². The molecular weight excluding hydrogens is 363 g/mol. The van der Waals surface area contributed by atoms with Gasteiger partial charge in [0.1, 0.15) is 6.10 Å². The SMILES string of the molecule is C#CC=CC(Cl)C(O)C1CC=C(Cl)CC(Br)C(CC)O1. The van der Waals surface area contributed by atoms with Crippen LogP contribution in [0.25, 0.3) is 0 Å². The van der Waals surface area contributed by atoms with Crippen molar-refractivity contribution < 1.29 is 9.84 Å².